The lowest BCUT2D eigenvalue weighted by Gasteiger charge is -2.40. The van der Waals surface area contributed by atoms with Gasteiger partial charge in [-0.05, 0) is 25.3 Å². The van der Waals surface area contributed by atoms with Crippen LogP contribution >= 0.6 is 0 Å². The number of benzene rings is 1. The highest BCUT2D eigenvalue weighted by atomic mass is 16.2. The summed E-state index contributed by atoms with van der Waals surface area (Å²) in [6, 6.07) is 9.17. The minimum Gasteiger partial charge on any atom is -0.315 e. The Kier molecular flexibility index (Phi) is 4.37. The van der Waals surface area contributed by atoms with Gasteiger partial charge in [-0.2, -0.15) is 0 Å². The zero-order valence-corrected chi connectivity index (χ0v) is 16.0. The van der Waals surface area contributed by atoms with Crippen LogP contribution in [0.15, 0.2) is 47.2 Å². The number of hydrogen-bond donors (Lipinski definition) is 0. The Balaban J connectivity index is 1.56. The number of carbonyl (C=O) groups is 2. The van der Waals surface area contributed by atoms with Gasteiger partial charge < -0.3 is 14.7 Å². The van der Waals surface area contributed by atoms with Crippen LogP contribution in [0.3, 0.4) is 0 Å². The molecule has 3 aliphatic heterocycles. The molecule has 3 amide bonds. The molecule has 142 valence electrons. The molecular formula is C20H25N5O2. The summed E-state index contributed by atoms with van der Waals surface area (Å²) in [5.74, 6) is 0.613. The monoisotopic (exact) mass is 367 g/mol. The number of guanidine groups is 1. The van der Waals surface area contributed by atoms with Crippen LogP contribution in [0.2, 0.25) is 0 Å². The molecule has 1 saturated heterocycles. The van der Waals surface area contributed by atoms with Crippen LogP contribution in [0.1, 0.15) is 25.8 Å². The molecule has 0 spiro atoms. The summed E-state index contributed by atoms with van der Waals surface area (Å²) in [5, 5.41) is 0. The first-order chi connectivity index (χ1) is 13.0. The first-order valence-corrected chi connectivity index (χ1v) is 9.47. The van der Waals surface area contributed by atoms with E-state index < -0.39 is 12.2 Å². The fourth-order valence-electron chi connectivity index (χ4n) is 3.99. The zero-order valence-electron chi connectivity index (χ0n) is 16.0. The number of allylic oxidation sites excluding steroid dienone is 1. The van der Waals surface area contributed by atoms with E-state index in [-0.39, 0.29) is 11.9 Å². The Morgan fingerprint density at radius 3 is 2.52 bits per heavy atom. The lowest BCUT2D eigenvalue weighted by atomic mass is 10.1. The molecule has 0 aromatic heterocycles. The van der Waals surface area contributed by atoms with E-state index in [0.717, 1.165) is 30.2 Å². The average molecular weight is 367 g/mol. The molecular weight excluding hydrogens is 342 g/mol. The largest absolute Gasteiger partial charge is 0.328 e. The summed E-state index contributed by atoms with van der Waals surface area (Å²) < 4.78 is 0. The number of hydrogen-bond acceptors (Lipinski definition) is 5. The Morgan fingerprint density at radius 1 is 1.07 bits per heavy atom. The molecule has 0 aliphatic carbocycles. The molecule has 3 heterocycles. The number of nitrogens with zero attached hydrogens (tertiary/aromatic N) is 5. The number of carbonyl (C=O) groups excluding carboxylic acids is 2. The molecule has 1 aromatic carbocycles. The maximum Gasteiger partial charge on any atom is 0.328 e. The molecule has 0 N–H and O–H groups in total. The summed E-state index contributed by atoms with van der Waals surface area (Å²) in [6.07, 6.45) is 3.15. The molecule has 1 aromatic rings. The maximum absolute atomic E-state index is 13.2. The van der Waals surface area contributed by atoms with Gasteiger partial charge in [0.25, 0.3) is 5.91 Å². The van der Waals surface area contributed by atoms with Crippen molar-refractivity contribution in [3.63, 3.8) is 0 Å². The highest BCUT2D eigenvalue weighted by Gasteiger charge is 2.53. The highest BCUT2D eigenvalue weighted by Crippen LogP contribution is 2.33. The topological polar surface area (TPSA) is 59.5 Å². The predicted octanol–water partition coefficient (Wildman–Crippen LogP) is 2.08. The van der Waals surface area contributed by atoms with Crippen molar-refractivity contribution in [2.24, 2.45) is 4.99 Å². The van der Waals surface area contributed by atoms with Crippen molar-refractivity contribution in [1.29, 1.82) is 0 Å². The molecule has 27 heavy (non-hydrogen) atoms. The van der Waals surface area contributed by atoms with E-state index >= 15 is 0 Å². The number of amides is 3. The molecule has 0 bridgehead atoms. The van der Waals surface area contributed by atoms with E-state index in [1.807, 2.05) is 48.4 Å². The fourth-order valence-corrected chi connectivity index (χ4v) is 3.99. The second kappa shape index (κ2) is 6.72. The highest BCUT2D eigenvalue weighted by molar-refractivity contribution is 6.04. The van der Waals surface area contributed by atoms with Gasteiger partial charge in [0, 0.05) is 32.0 Å². The van der Waals surface area contributed by atoms with E-state index in [4.69, 9.17) is 4.99 Å². The minimum atomic E-state index is -0.477. The summed E-state index contributed by atoms with van der Waals surface area (Å²) in [4.78, 5) is 37.8. The normalized spacial score (nSPS) is 24.3. The molecule has 4 rings (SSSR count). The Morgan fingerprint density at radius 2 is 1.81 bits per heavy atom. The van der Waals surface area contributed by atoms with Gasteiger partial charge in [-0.1, -0.05) is 37.3 Å². The van der Waals surface area contributed by atoms with Gasteiger partial charge in [-0.3, -0.25) is 9.69 Å². The molecule has 3 aliphatic rings. The molecule has 7 nitrogen and oxygen atoms in total. The van der Waals surface area contributed by atoms with Gasteiger partial charge >= 0.3 is 6.03 Å². The molecule has 0 saturated carbocycles. The summed E-state index contributed by atoms with van der Waals surface area (Å²) in [5.41, 5.74) is 2.19. The second-order valence-corrected chi connectivity index (χ2v) is 7.24. The molecule has 1 fully saturated rings. The van der Waals surface area contributed by atoms with Gasteiger partial charge in [-0.15, -0.1) is 0 Å². The standard InChI is InChI=1S/C20H25N5O2/c1-4-11-23-14(2)13-25-16-17(21-19(23)25)22(3)20(27)24(18(16)26)12-10-15-8-6-5-7-9-15/h5-9,13,16-17H,4,10-12H2,1-3H3. The SMILES string of the molecule is CCCN1C(C)=CN2C1=NC1C2C(=O)N(CCc2ccccc2)C(=O)N1C. The van der Waals surface area contributed by atoms with E-state index in [1.54, 1.807) is 11.9 Å². The first kappa shape index (κ1) is 17.6. The van der Waals surface area contributed by atoms with Gasteiger partial charge in [0.2, 0.25) is 5.96 Å². The van der Waals surface area contributed by atoms with Crippen molar-refractivity contribution < 1.29 is 9.59 Å². The van der Waals surface area contributed by atoms with Crippen LogP contribution in [-0.4, -0.2) is 69.8 Å². The van der Waals surface area contributed by atoms with Crippen molar-refractivity contribution in [2.75, 3.05) is 20.1 Å². The second-order valence-electron chi connectivity index (χ2n) is 7.24. The van der Waals surface area contributed by atoms with Crippen molar-refractivity contribution >= 4 is 17.9 Å². The van der Waals surface area contributed by atoms with Crippen LogP contribution in [-0.2, 0) is 11.2 Å². The lowest BCUT2D eigenvalue weighted by molar-refractivity contribution is -0.136. The first-order valence-electron chi connectivity index (χ1n) is 9.47. The molecule has 2 atom stereocenters. The van der Waals surface area contributed by atoms with Crippen molar-refractivity contribution in [1.82, 2.24) is 19.6 Å². The summed E-state index contributed by atoms with van der Waals surface area (Å²) in [7, 11) is 1.73. The molecule has 2 unspecified atom stereocenters. The summed E-state index contributed by atoms with van der Waals surface area (Å²) >= 11 is 0. The Hall–Kier alpha value is -2.83. The van der Waals surface area contributed by atoms with Gasteiger partial charge in [0.15, 0.2) is 12.2 Å². The number of rotatable bonds is 5. The van der Waals surface area contributed by atoms with Crippen LogP contribution in [0, 0.1) is 0 Å². The van der Waals surface area contributed by atoms with Crippen LogP contribution < -0.4 is 0 Å². The van der Waals surface area contributed by atoms with Crippen LogP contribution in [0.4, 0.5) is 4.79 Å². The van der Waals surface area contributed by atoms with E-state index in [2.05, 4.69) is 11.8 Å². The number of urea groups is 1. The number of fused-ring (bicyclic) bond motifs is 3. The van der Waals surface area contributed by atoms with Crippen molar-refractivity contribution in [3.05, 3.63) is 47.8 Å². The zero-order chi connectivity index (χ0) is 19.1. The van der Waals surface area contributed by atoms with Crippen LogP contribution in [0.5, 0.6) is 0 Å². The quantitative estimate of drug-likeness (QED) is 0.799. The van der Waals surface area contributed by atoms with E-state index in [1.165, 1.54) is 4.90 Å². The maximum atomic E-state index is 13.2. The minimum absolute atomic E-state index is 0.167. The Labute approximate surface area is 159 Å². The van der Waals surface area contributed by atoms with E-state index in [9.17, 15) is 9.59 Å². The van der Waals surface area contributed by atoms with Crippen molar-refractivity contribution in [2.45, 2.75) is 38.9 Å². The predicted molar refractivity (Wildman–Crippen MR) is 103 cm³/mol. The third-order valence-electron chi connectivity index (χ3n) is 5.42. The number of imide groups is 1. The number of aliphatic imine (C=N–C) groups is 1. The van der Waals surface area contributed by atoms with E-state index in [0.29, 0.717) is 13.0 Å². The third-order valence-corrected chi connectivity index (χ3v) is 5.42. The lowest BCUT2D eigenvalue weighted by Crippen LogP contribution is -2.64. The van der Waals surface area contributed by atoms with Gasteiger partial charge in [-0.25, -0.2) is 9.79 Å². The molecule has 0 radical (unpaired) electrons. The number of likely N-dealkylation sites (N-methyl/N-ethyl adjacent to an activating group) is 1. The van der Waals surface area contributed by atoms with Gasteiger partial charge in [0.1, 0.15) is 0 Å². The summed E-state index contributed by atoms with van der Waals surface area (Å²) in [6.45, 7) is 5.37. The smallest absolute Gasteiger partial charge is 0.315 e. The average Bonchev–Trinajstić information content (AvgIpc) is 3.17. The molecule has 7 heteroatoms. The van der Waals surface area contributed by atoms with Crippen LogP contribution in [0.25, 0.3) is 0 Å². The van der Waals surface area contributed by atoms with Crippen molar-refractivity contribution in [3.8, 4) is 0 Å². The third kappa shape index (κ3) is 2.78. The Bertz CT molecular complexity index is 819. The fraction of sp³-hybridized carbons (Fsp3) is 0.450. The van der Waals surface area contributed by atoms with Gasteiger partial charge in [0.05, 0.1) is 0 Å².